The third kappa shape index (κ3) is 9.42. The van der Waals surface area contributed by atoms with Gasteiger partial charge in [0.15, 0.2) is 5.76 Å². The largest absolute Gasteiger partial charge is 0.504 e. The Hall–Kier alpha value is 1.83. The van der Waals surface area contributed by atoms with Gasteiger partial charge in [-0.3, -0.25) is 36.4 Å². The van der Waals surface area contributed by atoms with Gasteiger partial charge in [-0.2, -0.15) is 26.3 Å². The van der Waals surface area contributed by atoms with E-state index in [0.717, 1.165) is 0 Å². The topological polar surface area (TPSA) is 26.7 Å². The molecule has 3 aromatic rings. The number of aliphatic hydroxyl groups is 1. The van der Waals surface area contributed by atoms with E-state index in [2.05, 4.69) is 24.3 Å². The molecule has 1 saturated heterocycles. The van der Waals surface area contributed by atoms with E-state index >= 15 is 0 Å². The Kier molecular flexibility index (Phi) is 17.3. The monoisotopic (exact) mass is 1020 g/mol. The van der Waals surface area contributed by atoms with Crippen LogP contribution in [0.3, 0.4) is 0 Å². The Balaban J connectivity index is 0.00000324. The van der Waals surface area contributed by atoms with Crippen LogP contribution in [-0.2, 0) is 12.4 Å². The van der Waals surface area contributed by atoms with E-state index in [1.165, 1.54) is 9.80 Å². The van der Waals surface area contributed by atoms with Gasteiger partial charge < -0.3 is 39.2 Å². The third-order valence-corrected chi connectivity index (χ3v) is 4.98. The number of benzene rings is 3. The molecular weight excluding hydrogens is 1010 g/mol. The van der Waals surface area contributed by atoms with Crippen LogP contribution in [0.5, 0.6) is 0 Å². The number of nitrogens with zero attached hydrogens (tertiary/aromatic N) is 2. The summed E-state index contributed by atoms with van der Waals surface area (Å²) in [6.07, 6.45) is -10.1. The maximum absolute atomic E-state index is 13.8. The van der Waals surface area contributed by atoms with Crippen molar-refractivity contribution >= 4 is 17.1 Å². The van der Waals surface area contributed by atoms with E-state index in [1.54, 1.807) is 36.4 Å². The minimum atomic E-state index is -5.14. The Labute approximate surface area is 343 Å². The van der Waals surface area contributed by atoms with Gasteiger partial charge in [-0.15, -0.1) is 0 Å². The van der Waals surface area contributed by atoms with E-state index in [9.17, 15) is 31.4 Å². The minimum Gasteiger partial charge on any atom is -0.504 e. The summed E-state index contributed by atoms with van der Waals surface area (Å²) in [7, 11) is 0. The molecule has 13 heteroatoms. The van der Waals surface area contributed by atoms with Gasteiger partial charge in [-0.1, -0.05) is 0 Å². The normalized spacial score (nSPS) is 13.1. The standard InChI is InChI=1S/C24H14F6N2O.4Pr/c25-23(26,27)16-11-12-19(20(15-16)24(28,29)30)21(33)22-31(17-7-3-1-4-8-17)13-14-32(22)18-9-5-2-6-10-18;;;;/h1-6,11-12,15,33H,13-14H2;;;;/q-4;;;;. The smallest absolute Gasteiger partial charge is 0.417 e. The van der Waals surface area contributed by atoms with Crippen LogP contribution in [0.2, 0.25) is 0 Å². The van der Waals surface area contributed by atoms with E-state index in [-0.39, 0.29) is 190 Å². The first-order valence-corrected chi connectivity index (χ1v) is 9.61. The fraction of sp³-hybridized carbons (Fsp3) is 0.167. The molecule has 1 aliphatic heterocycles. The molecule has 0 aromatic heterocycles. The molecular formula is C24H14F6N2OPr4-4. The summed E-state index contributed by atoms with van der Waals surface area (Å²) in [6.45, 7) is 0.490. The Morgan fingerprint density at radius 1 is 0.703 bits per heavy atom. The predicted molar refractivity (Wildman–Crippen MR) is 109 cm³/mol. The quantitative estimate of drug-likeness (QED) is 0.195. The first kappa shape index (κ1) is 38.8. The Bertz CT molecular complexity index is 1130. The molecule has 0 bridgehead atoms. The summed E-state index contributed by atoms with van der Waals surface area (Å²) < 4.78 is 80.5. The number of hydrogen-bond donors (Lipinski definition) is 1. The Morgan fingerprint density at radius 3 is 1.51 bits per heavy atom. The second-order valence-corrected chi connectivity index (χ2v) is 7.06. The summed E-state index contributed by atoms with van der Waals surface area (Å²) in [5, 5.41) is 11.1. The molecule has 1 aliphatic rings. The number of hydrogen-bond acceptors (Lipinski definition) is 3. The van der Waals surface area contributed by atoms with Crippen molar-refractivity contribution in [2.24, 2.45) is 0 Å². The summed E-state index contributed by atoms with van der Waals surface area (Å²) in [4.78, 5) is 2.98. The molecule has 184 valence electrons. The van der Waals surface area contributed by atoms with Gasteiger partial charge in [0.1, 0.15) is 5.82 Å². The first-order valence-electron chi connectivity index (χ1n) is 9.61. The molecule has 1 N–H and O–H groups in total. The van der Waals surface area contributed by atoms with Gasteiger partial charge in [0.05, 0.1) is 11.1 Å². The fourth-order valence-corrected chi connectivity index (χ4v) is 3.53. The summed E-state index contributed by atoms with van der Waals surface area (Å²) in [5.74, 6) is -0.914. The average molecular weight is 1020 g/mol. The molecule has 0 unspecified atom stereocenters. The van der Waals surface area contributed by atoms with E-state index in [4.69, 9.17) is 0 Å². The van der Waals surface area contributed by atoms with Gasteiger partial charge in [0.2, 0.25) is 0 Å². The van der Waals surface area contributed by atoms with Crippen molar-refractivity contribution in [3.8, 4) is 0 Å². The van der Waals surface area contributed by atoms with Crippen LogP contribution in [0.25, 0.3) is 5.76 Å². The van der Waals surface area contributed by atoms with Crippen LogP contribution in [0.1, 0.15) is 16.7 Å². The number of halogens is 6. The second-order valence-electron chi connectivity index (χ2n) is 7.06. The third-order valence-electron chi connectivity index (χ3n) is 4.98. The van der Waals surface area contributed by atoms with E-state index < -0.39 is 34.8 Å². The molecule has 1 heterocycles. The number of alkyl halides is 6. The van der Waals surface area contributed by atoms with Crippen molar-refractivity contribution in [2.75, 3.05) is 22.9 Å². The molecule has 37 heavy (non-hydrogen) atoms. The number of anilines is 2. The van der Waals surface area contributed by atoms with Crippen molar-refractivity contribution in [2.45, 2.75) is 12.4 Å². The summed E-state index contributed by atoms with van der Waals surface area (Å²) in [5.41, 5.74) is -3.16. The maximum Gasteiger partial charge on any atom is 0.417 e. The first-order chi connectivity index (χ1) is 15.6. The van der Waals surface area contributed by atoms with Crippen molar-refractivity contribution in [3.05, 3.63) is 101 Å². The second kappa shape index (κ2) is 16.5. The number of para-hydroxylation sites is 2. The molecule has 0 amide bonds. The van der Waals surface area contributed by atoms with Gasteiger partial charge in [-0.25, -0.2) is 11.4 Å². The molecule has 4 rings (SSSR count). The number of rotatable bonds is 3. The zero-order valence-corrected chi connectivity index (χ0v) is 33.8. The van der Waals surface area contributed by atoms with Crippen molar-refractivity contribution in [1.29, 1.82) is 0 Å². The molecule has 4 radical (unpaired) electrons. The van der Waals surface area contributed by atoms with Crippen LogP contribution >= 0.6 is 0 Å². The van der Waals surface area contributed by atoms with Crippen LogP contribution < -0.4 is 9.80 Å². The van der Waals surface area contributed by atoms with Gasteiger partial charge in [0, 0.05) is 184 Å². The van der Waals surface area contributed by atoms with E-state index in [0.29, 0.717) is 23.5 Å². The summed E-state index contributed by atoms with van der Waals surface area (Å²) >= 11 is 0. The summed E-state index contributed by atoms with van der Waals surface area (Å²) in [6, 6.07) is 22.3. The molecule has 1 fully saturated rings. The molecule has 0 atom stereocenters. The molecule has 0 saturated carbocycles. The van der Waals surface area contributed by atoms with Crippen LogP contribution in [-0.4, -0.2) is 18.2 Å². The van der Waals surface area contributed by atoms with Gasteiger partial charge in [-0.05, 0) is 18.2 Å². The van der Waals surface area contributed by atoms with Crippen LogP contribution in [0, 0.1) is 189 Å². The van der Waals surface area contributed by atoms with Crippen molar-refractivity contribution in [1.82, 2.24) is 0 Å². The predicted octanol–water partition coefficient (Wildman–Crippen LogP) is 6.14. The van der Waals surface area contributed by atoms with Gasteiger partial charge in [0.25, 0.3) is 0 Å². The Morgan fingerprint density at radius 2 is 1.14 bits per heavy atom. The van der Waals surface area contributed by atoms with Crippen LogP contribution in [0.4, 0.5) is 37.7 Å². The molecule has 0 aliphatic carbocycles. The zero-order chi connectivity index (χ0) is 23.8. The average Bonchev–Trinajstić information content (AvgIpc) is 3.23. The SMILES string of the molecule is OC(=C1N(c2[c-]ccc[c-]2)CCN1c1[c-]ccc[c-]1)c1ccc(C(F)(F)F)cc1C(F)(F)F.[Pr].[Pr].[Pr].[Pr]. The van der Waals surface area contributed by atoms with E-state index in [1.807, 2.05) is 0 Å². The number of aliphatic hydroxyl groups excluding tert-OH is 1. The van der Waals surface area contributed by atoms with Crippen molar-refractivity contribution in [3.63, 3.8) is 0 Å². The molecule has 0 spiro atoms. The molecule has 3 aromatic carbocycles. The zero-order valence-electron chi connectivity index (χ0n) is 19.0. The maximum atomic E-state index is 13.8. The van der Waals surface area contributed by atoms with Gasteiger partial charge >= 0.3 is 12.4 Å². The minimum absolute atomic E-state index is 0. The molecule has 3 nitrogen and oxygen atoms in total. The fourth-order valence-electron chi connectivity index (χ4n) is 3.53. The van der Waals surface area contributed by atoms with Crippen LogP contribution in [0.15, 0.2) is 60.4 Å². The van der Waals surface area contributed by atoms with Crippen molar-refractivity contribution < 1.29 is 197 Å².